The van der Waals surface area contributed by atoms with E-state index in [1.54, 1.807) is 21.3 Å². The Kier molecular flexibility index (Phi) is 7.11. The lowest BCUT2D eigenvalue weighted by Crippen LogP contribution is -2.47. The maximum atomic E-state index is 6.51. The van der Waals surface area contributed by atoms with Gasteiger partial charge in [0, 0.05) is 32.7 Å². The van der Waals surface area contributed by atoms with Crippen molar-refractivity contribution < 1.29 is 13.3 Å². The van der Waals surface area contributed by atoms with Crippen molar-refractivity contribution in [3.05, 3.63) is 0 Å². The topological polar surface area (TPSA) is 27.7 Å². The molecule has 0 heterocycles. The highest BCUT2D eigenvalue weighted by Crippen LogP contribution is 2.34. The second kappa shape index (κ2) is 6.53. The molecular weight excluding hydrogens is 323 g/mol. The summed E-state index contributed by atoms with van der Waals surface area (Å²) in [6.45, 7) is 3.80. The van der Waals surface area contributed by atoms with Crippen LogP contribution in [0.15, 0.2) is 0 Å². The highest BCUT2D eigenvalue weighted by atomic mass is 35.6. The molecule has 0 radical (unpaired) electrons. The molecule has 0 aliphatic carbocycles. The Balaban J connectivity index is 4.67. The normalized spacial score (nSPS) is 23.2. The summed E-state index contributed by atoms with van der Waals surface area (Å²) in [6, 6.07) is 0. The Morgan fingerprint density at radius 3 is 1.25 bits per heavy atom. The van der Waals surface area contributed by atoms with Crippen LogP contribution in [0.2, 0.25) is 24.4 Å². The summed E-state index contributed by atoms with van der Waals surface area (Å²) in [5.74, 6) is 0. The third kappa shape index (κ3) is 6.36. The first-order chi connectivity index (χ1) is 7.10. The molecule has 0 rings (SSSR count). The van der Waals surface area contributed by atoms with Crippen molar-refractivity contribution in [2.75, 3.05) is 21.3 Å². The zero-order valence-corrected chi connectivity index (χ0v) is 15.5. The van der Waals surface area contributed by atoms with Crippen LogP contribution in [0.1, 0.15) is 0 Å². The quantitative estimate of drug-likeness (QED) is 0.525. The first-order valence-corrected chi connectivity index (χ1v) is 15.4. The van der Waals surface area contributed by atoms with Crippen LogP contribution in [0.4, 0.5) is 0 Å². The van der Waals surface area contributed by atoms with E-state index in [1.165, 1.54) is 0 Å². The van der Waals surface area contributed by atoms with Gasteiger partial charge >= 0.3 is 0 Å². The smallest absolute Gasteiger partial charge is 0.291 e. The molecule has 2 atom stereocenters. The van der Waals surface area contributed by atoms with Crippen molar-refractivity contribution in [3.63, 3.8) is 0 Å². The van der Waals surface area contributed by atoms with E-state index in [0.29, 0.717) is 11.3 Å². The molecule has 0 saturated heterocycles. The summed E-state index contributed by atoms with van der Waals surface area (Å²) in [4.78, 5) is 0. The largest absolute Gasteiger partial charge is 0.407 e. The Labute approximate surface area is 115 Å². The number of rotatable bonds is 7. The predicted octanol–water partition coefficient (Wildman–Crippen LogP) is 3.31. The van der Waals surface area contributed by atoms with Crippen LogP contribution in [-0.4, -0.2) is 44.2 Å². The van der Waals surface area contributed by atoms with Crippen molar-refractivity contribution in [1.82, 2.24) is 0 Å². The third-order valence-electron chi connectivity index (χ3n) is 2.38. The van der Waals surface area contributed by atoms with Gasteiger partial charge in [-0.15, -0.1) is 33.2 Å². The van der Waals surface area contributed by atoms with Gasteiger partial charge in [0.25, 0.3) is 22.9 Å². The summed E-state index contributed by atoms with van der Waals surface area (Å²) in [5.41, 5.74) is 1.18. The molecule has 0 aliphatic rings. The molecule has 0 aromatic rings. The van der Waals surface area contributed by atoms with Crippen molar-refractivity contribution >= 4 is 56.1 Å². The van der Waals surface area contributed by atoms with Gasteiger partial charge in [0.2, 0.25) is 0 Å². The molecule has 0 N–H and O–H groups in total. The minimum atomic E-state index is -2.45. The van der Waals surface area contributed by atoms with Gasteiger partial charge in [0.15, 0.2) is 0 Å². The van der Waals surface area contributed by atoms with E-state index in [4.69, 9.17) is 46.5 Å². The van der Waals surface area contributed by atoms with Gasteiger partial charge in [0.05, 0.1) is 0 Å². The molecule has 0 bridgehead atoms. The van der Waals surface area contributed by atoms with E-state index < -0.39 is 22.9 Å². The molecule has 0 spiro atoms. The SMILES string of the molecule is CO[Si](C)(Cl)C[Si](Cl)(C[Si](C)(Cl)OC)OC. The lowest BCUT2D eigenvalue weighted by atomic mass is 11.8. The lowest BCUT2D eigenvalue weighted by Gasteiger charge is -2.31. The van der Waals surface area contributed by atoms with Crippen LogP contribution in [-0.2, 0) is 13.3 Å². The Hall–Kier alpha value is 1.40. The van der Waals surface area contributed by atoms with Gasteiger partial charge in [-0.2, -0.15) is 0 Å². The standard InChI is InChI=1S/C7H19Cl3O3Si3/c1-11-14(4,8)6-16(10,13-3)7-15(5,9)12-2/h6-7H2,1-5H3. The maximum absolute atomic E-state index is 6.51. The Morgan fingerprint density at radius 2 is 1.06 bits per heavy atom. The van der Waals surface area contributed by atoms with Gasteiger partial charge in [0.1, 0.15) is 0 Å². The van der Waals surface area contributed by atoms with Crippen LogP contribution in [0, 0.1) is 0 Å². The monoisotopic (exact) mass is 340 g/mol. The van der Waals surface area contributed by atoms with E-state index in [9.17, 15) is 0 Å². The highest BCUT2D eigenvalue weighted by Gasteiger charge is 2.48. The summed E-state index contributed by atoms with van der Waals surface area (Å²) in [6.07, 6.45) is 0. The number of hydrogen-bond acceptors (Lipinski definition) is 3. The fourth-order valence-corrected chi connectivity index (χ4v) is 22.5. The minimum Gasteiger partial charge on any atom is -0.407 e. The van der Waals surface area contributed by atoms with Crippen molar-refractivity contribution in [2.24, 2.45) is 0 Å². The summed E-state index contributed by atoms with van der Waals surface area (Å²) in [7, 11) is -2.16. The van der Waals surface area contributed by atoms with Crippen molar-refractivity contribution in [3.8, 4) is 0 Å². The van der Waals surface area contributed by atoms with E-state index in [0.717, 1.165) is 0 Å². The van der Waals surface area contributed by atoms with E-state index >= 15 is 0 Å². The fraction of sp³-hybridized carbons (Fsp3) is 1.00. The van der Waals surface area contributed by atoms with E-state index in [1.807, 2.05) is 13.1 Å². The predicted molar refractivity (Wildman–Crippen MR) is 77.2 cm³/mol. The maximum Gasteiger partial charge on any atom is 0.291 e. The zero-order chi connectivity index (χ0) is 13.0. The Bertz CT molecular complexity index is 210. The molecule has 3 nitrogen and oxygen atoms in total. The second-order valence-electron chi connectivity index (χ2n) is 4.05. The average molecular weight is 342 g/mol. The molecule has 9 heteroatoms. The van der Waals surface area contributed by atoms with Gasteiger partial charge in [-0.05, 0) is 13.1 Å². The van der Waals surface area contributed by atoms with Gasteiger partial charge < -0.3 is 13.3 Å². The highest BCUT2D eigenvalue weighted by molar-refractivity contribution is 7.34. The average Bonchev–Trinajstić information content (AvgIpc) is 2.16. The molecule has 0 aromatic heterocycles. The Morgan fingerprint density at radius 1 is 0.750 bits per heavy atom. The molecule has 0 aliphatic heterocycles. The van der Waals surface area contributed by atoms with E-state index in [2.05, 4.69) is 0 Å². The molecule has 16 heavy (non-hydrogen) atoms. The third-order valence-corrected chi connectivity index (χ3v) is 20.3. The van der Waals surface area contributed by atoms with Crippen LogP contribution >= 0.6 is 33.2 Å². The molecule has 0 aromatic carbocycles. The summed E-state index contributed by atoms with van der Waals surface area (Å²) < 4.78 is 16.0. The fourth-order valence-electron chi connectivity index (χ4n) is 1.29. The molecular formula is C7H19Cl3O3Si3. The van der Waals surface area contributed by atoms with Gasteiger partial charge in [-0.1, -0.05) is 0 Å². The van der Waals surface area contributed by atoms with Crippen LogP contribution in [0.25, 0.3) is 0 Å². The summed E-state index contributed by atoms with van der Waals surface area (Å²) in [5, 5.41) is 0. The molecule has 0 fully saturated rings. The van der Waals surface area contributed by atoms with Crippen LogP contribution < -0.4 is 0 Å². The van der Waals surface area contributed by atoms with Crippen LogP contribution in [0.5, 0.6) is 0 Å². The molecule has 2 unspecified atom stereocenters. The second-order valence-corrected chi connectivity index (χ2v) is 21.1. The molecule has 0 saturated carbocycles. The number of hydrogen-bond donors (Lipinski definition) is 0. The van der Waals surface area contributed by atoms with Gasteiger partial charge in [-0.3, -0.25) is 0 Å². The first kappa shape index (κ1) is 17.4. The van der Waals surface area contributed by atoms with Gasteiger partial charge in [-0.25, -0.2) is 0 Å². The minimum absolute atomic E-state index is 0.592. The molecule has 98 valence electrons. The zero-order valence-electron chi connectivity index (χ0n) is 10.3. The van der Waals surface area contributed by atoms with Crippen molar-refractivity contribution in [1.29, 1.82) is 0 Å². The van der Waals surface area contributed by atoms with Crippen molar-refractivity contribution in [2.45, 2.75) is 24.4 Å². The van der Waals surface area contributed by atoms with Crippen LogP contribution in [0.3, 0.4) is 0 Å². The molecule has 0 amide bonds. The first-order valence-electron chi connectivity index (χ1n) is 4.82. The number of halogens is 3. The van der Waals surface area contributed by atoms with E-state index in [-0.39, 0.29) is 0 Å². The lowest BCUT2D eigenvalue weighted by molar-refractivity contribution is 0.392. The summed E-state index contributed by atoms with van der Waals surface area (Å²) >= 11 is 19.1.